The van der Waals surface area contributed by atoms with Crippen molar-refractivity contribution in [2.24, 2.45) is 0 Å². The Hall–Kier alpha value is -2.68. The number of sulfonamides is 1. The number of ether oxygens (including phenoxy) is 1. The van der Waals surface area contributed by atoms with E-state index < -0.39 is 10.0 Å². The number of rotatable bonds is 10. The van der Waals surface area contributed by atoms with Crippen molar-refractivity contribution in [1.82, 2.24) is 14.9 Å². The first-order chi connectivity index (χ1) is 15.0. The molecule has 31 heavy (non-hydrogen) atoms. The zero-order chi connectivity index (χ0) is 22.3. The van der Waals surface area contributed by atoms with Crippen molar-refractivity contribution in [1.29, 1.82) is 0 Å². The van der Waals surface area contributed by atoms with E-state index in [1.807, 2.05) is 24.3 Å². The molecule has 1 aliphatic heterocycles. The number of carbonyl (C=O) groups excluding carboxylic acids is 1. The van der Waals surface area contributed by atoms with Crippen molar-refractivity contribution in [3.63, 3.8) is 0 Å². The molecule has 1 amide bonds. The van der Waals surface area contributed by atoms with E-state index in [1.165, 1.54) is 12.1 Å². The molecule has 7 nitrogen and oxygen atoms in total. The van der Waals surface area contributed by atoms with Gasteiger partial charge in [0.1, 0.15) is 5.75 Å². The summed E-state index contributed by atoms with van der Waals surface area (Å²) in [6, 6.07) is 13.6. The van der Waals surface area contributed by atoms with Crippen LogP contribution in [0.3, 0.4) is 0 Å². The average molecular weight is 444 g/mol. The molecule has 2 aromatic carbocycles. The van der Waals surface area contributed by atoms with Gasteiger partial charge in [0.25, 0.3) is 5.91 Å². The maximum atomic E-state index is 13.0. The number of hydrogen-bond donors (Lipinski definition) is 2. The van der Waals surface area contributed by atoms with Crippen LogP contribution >= 0.6 is 0 Å². The fourth-order valence-electron chi connectivity index (χ4n) is 3.77. The SMILES string of the molecule is C=CCNC(=O)c1cccc(S(=O)(=O)NCC(c2ccccc2OC)N2CCCC2)c1. The van der Waals surface area contributed by atoms with E-state index in [9.17, 15) is 13.2 Å². The molecule has 2 N–H and O–H groups in total. The van der Waals surface area contributed by atoms with Gasteiger partial charge in [0.15, 0.2) is 0 Å². The highest BCUT2D eigenvalue weighted by Gasteiger charge is 2.28. The first-order valence-corrected chi connectivity index (χ1v) is 11.8. The van der Waals surface area contributed by atoms with E-state index in [1.54, 1.807) is 25.3 Å². The predicted octanol–water partition coefficient (Wildman–Crippen LogP) is 2.73. The number of likely N-dealkylation sites (tertiary alicyclic amines) is 1. The number of methoxy groups -OCH3 is 1. The summed E-state index contributed by atoms with van der Waals surface area (Å²) < 4.78 is 34.3. The number of amides is 1. The van der Waals surface area contributed by atoms with Gasteiger partial charge in [-0.05, 0) is 50.2 Å². The number of para-hydroxylation sites is 1. The minimum absolute atomic E-state index is 0.0546. The Morgan fingerprint density at radius 2 is 1.94 bits per heavy atom. The molecule has 1 fully saturated rings. The highest BCUT2D eigenvalue weighted by atomic mass is 32.2. The van der Waals surface area contributed by atoms with Gasteiger partial charge in [0.2, 0.25) is 10.0 Å². The second kappa shape index (κ2) is 10.6. The van der Waals surface area contributed by atoms with Gasteiger partial charge in [0, 0.05) is 24.2 Å². The molecule has 0 saturated carbocycles. The van der Waals surface area contributed by atoms with Crippen LogP contribution in [0.5, 0.6) is 5.75 Å². The molecule has 1 unspecified atom stereocenters. The molecule has 0 radical (unpaired) electrons. The summed E-state index contributed by atoms with van der Waals surface area (Å²) >= 11 is 0. The molecule has 8 heteroatoms. The van der Waals surface area contributed by atoms with Gasteiger partial charge in [-0.15, -0.1) is 6.58 Å². The molecular weight excluding hydrogens is 414 g/mol. The van der Waals surface area contributed by atoms with Gasteiger partial charge in [-0.2, -0.15) is 0 Å². The van der Waals surface area contributed by atoms with Crippen LogP contribution in [-0.4, -0.2) is 52.5 Å². The van der Waals surface area contributed by atoms with Crippen LogP contribution in [-0.2, 0) is 10.0 Å². The lowest BCUT2D eigenvalue weighted by Crippen LogP contribution is -2.37. The average Bonchev–Trinajstić information content (AvgIpc) is 3.32. The molecule has 1 saturated heterocycles. The number of hydrogen-bond acceptors (Lipinski definition) is 5. The first kappa shape index (κ1) is 23.0. The molecule has 1 atom stereocenters. The largest absolute Gasteiger partial charge is 0.496 e. The van der Waals surface area contributed by atoms with Crippen molar-refractivity contribution >= 4 is 15.9 Å². The molecule has 166 valence electrons. The minimum atomic E-state index is -3.81. The lowest BCUT2D eigenvalue weighted by atomic mass is 10.0. The fraction of sp³-hybridized carbons (Fsp3) is 0.348. The minimum Gasteiger partial charge on any atom is -0.496 e. The summed E-state index contributed by atoms with van der Waals surface area (Å²) in [7, 11) is -2.19. The van der Waals surface area contributed by atoms with Gasteiger partial charge in [-0.1, -0.05) is 30.3 Å². The van der Waals surface area contributed by atoms with E-state index in [0.29, 0.717) is 6.54 Å². The summed E-state index contributed by atoms with van der Waals surface area (Å²) in [4.78, 5) is 14.5. The summed E-state index contributed by atoms with van der Waals surface area (Å²) in [5, 5.41) is 2.66. The Bertz CT molecular complexity index is 1020. The van der Waals surface area contributed by atoms with Gasteiger partial charge in [-0.3, -0.25) is 9.69 Å². The van der Waals surface area contributed by atoms with Gasteiger partial charge < -0.3 is 10.1 Å². The smallest absolute Gasteiger partial charge is 0.251 e. The van der Waals surface area contributed by atoms with Crippen molar-refractivity contribution in [3.05, 3.63) is 72.3 Å². The lowest BCUT2D eigenvalue weighted by Gasteiger charge is -2.29. The molecule has 0 bridgehead atoms. The summed E-state index contributed by atoms with van der Waals surface area (Å²) in [5.74, 6) is 0.389. The molecule has 0 aromatic heterocycles. The van der Waals surface area contributed by atoms with Crippen molar-refractivity contribution in [2.45, 2.75) is 23.8 Å². The predicted molar refractivity (Wildman–Crippen MR) is 121 cm³/mol. The third-order valence-corrected chi connectivity index (χ3v) is 6.78. The van der Waals surface area contributed by atoms with Gasteiger partial charge >= 0.3 is 0 Å². The van der Waals surface area contributed by atoms with Crippen LogP contribution < -0.4 is 14.8 Å². The Kier molecular flexibility index (Phi) is 7.84. The molecule has 0 aliphatic carbocycles. The number of benzene rings is 2. The zero-order valence-corrected chi connectivity index (χ0v) is 18.5. The molecule has 3 rings (SSSR count). The van der Waals surface area contributed by atoms with E-state index in [0.717, 1.165) is 37.2 Å². The monoisotopic (exact) mass is 443 g/mol. The fourth-order valence-corrected chi connectivity index (χ4v) is 4.86. The van der Waals surface area contributed by atoms with Crippen LogP contribution in [0.25, 0.3) is 0 Å². The quantitative estimate of drug-likeness (QED) is 0.552. The second-order valence-electron chi connectivity index (χ2n) is 7.38. The number of carbonyl (C=O) groups is 1. The van der Waals surface area contributed by atoms with Gasteiger partial charge in [-0.25, -0.2) is 13.1 Å². The highest BCUT2D eigenvalue weighted by molar-refractivity contribution is 7.89. The van der Waals surface area contributed by atoms with Crippen LogP contribution in [0.15, 0.2) is 66.1 Å². The maximum Gasteiger partial charge on any atom is 0.251 e. The number of nitrogens with one attached hydrogen (secondary N) is 2. The lowest BCUT2D eigenvalue weighted by molar-refractivity contribution is 0.0958. The summed E-state index contributed by atoms with van der Waals surface area (Å²) in [6.45, 7) is 5.89. The van der Waals surface area contributed by atoms with Crippen molar-refractivity contribution < 1.29 is 17.9 Å². The highest BCUT2D eigenvalue weighted by Crippen LogP contribution is 2.31. The summed E-state index contributed by atoms with van der Waals surface area (Å²) in [5.41, 5.74) is 1.23. The van der Waals surface area contributed by atoms with Crippen molar-refractivity contribution in [3.8, 4) is 5.75 Å². The molecular formula is C23H29N3O4S. The van der Waals surface area contributed by atoms with E-state index in [2.05, 4.69) is 21.5 Å². The maximum absolute atomic E-state index is 13.0. The third kappa shape index (κ3) is 5.72. The second-order valence-corrected chi connectivity index (χ2v) is 9.15. The standard InChI is InChI=1S/C23H29N3O4S/c1-3-13-24-23(27)18-9-8-10-19(16-18)31(28,29)25-17-21(26-14-6-7-15-26)20-11-4-5-12-22(20)30-2/h3-5,8-12,16,21,25H,1,6-7,13-15,17H2,2H3,(H,24,27). The number of nitrogens with zero attached hydrogens (tertiary/aromatic N) is 1. The first-order valence-electron chi connectivity index (χ1n) is 10.3. The van der Waals surface area contributed by atoms with Gasteiger partial charge in [0.05, 0.1) is 18.0 Å². The Labute approximate surface area is 184 Å². The van der Waals surface area contributed by atoms with E-state index >= 15 is 0 Å². The van der Waals surface area contributed by atoms with E-state index in [4.69, 9.17) is 4.74 Å². The summed E-state index contributed by atoms with van der Waals surface area (Å²) in [6.07, 6.45) is 3.73. The van der Waals surface area contributed by atoms with Crippen LogP contribution in [0, 0.1) is 0 Å². The molecule has 2 aromatic rings. The van der Waals surface area contributed by atoms with Crippen molar-refractivity contribution in [2.75, 3.05) is 33.3 Å². The Morgan fingerprint density at radius 3 is 2.65 bits per heavy atom. The third-order valence-electron chi connectivity index (χ3n) is 5.36. The van der Waals surface area contributed by atoms with Crippen LogP contribution in [0.1, 0.15) is 34.8 Å². The Balaban J connectivity index is 1.81. The zero-order valence-electron chi connectivity index (χ0n) is 17.7. The molecule has 0 spiro atoms. The molecule has 1 aliphatic rings. The van der Waals surface area contributed by atoms with Crippen LogP contribution in [0.4, 0.5) is 0 Å². The molecule has 1 heterocycles. The Morgan fingerprint density at radius 1 is 1.19 bits per heavy atom. The van der Waals surface area contributed by atoms with E-state index in [-0.39, 0.29) is 29.0 Å². The normalized spacial score (nSPS) is 15.4. The van der Waals surface area contributed by atoms with Crippen LogP contribution in [0.2, 0.25) is 0 Å². The topological polar surface area (TPSA) is 87.7 Å².